The van der Waals surface area contributed by atoms with Gasteiger partial charge in [-0.05, 0) is 19.1 Å². The van der Waals surface area contributed by atoms with E-state index in [4.69, 9.17) is 4.74 Å². The number of thiazole rings is 1. The molecule has 0 aliphatic rings. The van der Waals surface area contributed by atoms with Crippen LogP contribution in [-0.4, -0.2) is 27.3 Å². The second-order valence-corrected chi connectivity index (χ2v) is 6.17. The third-order valence-corrected chi connectivity index (χ3v) is 4.62. The van der Waals surface area contributed by atoms with Gasteiger partial charge in [0, 0.05) is 16.7 Å². The number of thioether (sulfide) groups is 1. The average molecular weight is 318 g/mol. The Bertz CT molecular complexity index is 738. The number of rotatable bonds is 5. The molecule has 0 fully saturated rings. The smallest absolute Gasteiger partial charge is 0.208 e. The first-order chi connectivity index (χ1) is 10.2. The van der Waals surface area contributed by atoms with Gasteiger partial charge in [-0.25, -0.2) is 9.97 Å². The summed E-state index contributed by atoms with van der Waals surface area (Å²) in [4.78, 5) is 8.92. The molecule has 3 aromatic rings. The predicted octanol–water partition coefficient (Wildman–Crippen LogP) is 3.54. The molecule has 2 aromatic heterocycles. The van der Waals surface area contributed by atoms with E-state index in [1.807, 2.05) is 31.2 Å². The van der Waals surface area contributed by atoms with Crippen LogP contribution in [0.4, 0.5) is 0 Å². The van der Waals surface area contributed by atoms with Crippen LogP contribution in [0.5, 0.6) is 5.75 Å². The minimum atomic E-state index is 0.753. The summed E-state index contributed by atoms with van der Waals surface area (Å²) in [6.45, 7) is 1.89. The van der Waals surface area contributed by atoms with Gasteiger partial charge >= 0.3 is 0 Å². The van der Waals surface area contributed by atoms with Gasteiger partial charge in [0.15, 0.2) is 0 Å². The molecule has 108 valence electrons. The first kappa shape index (κ1) is 14.1. The molecule has 21 heavy (non-hydrogen) atoms. The number of hydrogen-bond donors (Lipinski definition) is 1. The molecular weight excluding hydrogens is 304 g/mol. The summed E-state index contributed by atoms with van der Waals surface area (Å²) in [6, 6.07) is 7.94. The lowest BCUT2D eigenvalue weighted by atomic mass is 10.2. The molecule has 5 nitrogen and oxygen atoms in total. The first-order valence-corrected chi connectivity index (χ1v) is 8.22. The van der Waals surface area contributed by atoms with Crippen molar-refractivity contribution in [2.45, 2.75) is 17.8 Å². The Kier molecular flexibility index (Phi) is 4.21. The molecule has 1 N–H and O–H groups in total. The largest absolute Gasteiger partial charge is 0.497 e. The second-order valence-electron chi connectivity index (χ2n) is 4.37. The van der Waals surface area contributed by atoms with Crippen molar-refractivity contribution in [2.75, 3.05) is 7.11 Å². The number of hydrogen-bond acceptors (Lipinski definition) is 6. The Hall–Kier alpha value is -1.86. The number of aromatic nitrogens is 4. The van der Waals surface area contributed by atoms with Gasteiger partial charge in [0.25, 0.3) is 0 Å². The number of nitrogens with one attached hydrogen (secondary N) is 1. The van der Waals surface area contributed by atoms with Gasteiger partial charge in [0.1, 0.15) is 16.6 Å². The molecule has 0 aliphatic heterocycles. The summed E-state index contributed by atoms with van der Waals surface area (Å²) in [5, 5.41) is 10.8. The van der Waals surface area contributed by atoms with E-state index in [1.165, 1.54) is 0 Å². The second kappa shape index (κ2) is 6.28. The van der Waals surface area contributed by atoms with Crippen LogP contribution in [0.3, 0.4) is 0 Å². The van der Waals surface area contributed by atoms with E-state index >= 15 is 0 Å². The third-order valence-electron chi connectivity index (χ3n) is 2.79. The minimum absolute atomic E-state index is 0.753. The SMILES string of the molecule is COc1cccc(-c2nc(CSc3n[nH]c(C)n3)cs2)c1. The Labute approximate surface area is 130 Å². The fourth-order valence-electron chi connectivity index (χ4n) is 1.79. The summed E-state index contributed by atoms with van der Waals surface area (Å²) in [5.41, 5.74) is 2.11. The molecule has 0 unspecified atom stereocenters. The van der Waals surface area contributed by atoms with E-state index in [0.717, 1.165) is 38.7 Å². The van der Waals surface area contributed by atoms with E-state index in [0.29, 0.717) is 0 Å². The Morgan fingerprint density at radius 3 is 3.00 bits per heavy atom. The van der Waals surface area contributed by atoms with Crippen LogP contribution in [0.1, 0.15) is 11.5 Å². The van der Waals surface area contributed by atoms with Crippen LogP contribution < -0.4 is 4.74 Å². The third kappa shape index (κ3) is 3.43. The maximum Gasteiger partial charge on any atom is 0.208 e. The fraction of sp³-hybridized carbons (Fsp3) is 0.214. The zero-order chi connectivity index (χ0) is 14.7. The standard InChI is InChI=1S/C14H14N4OS2/c1-9-15-14(18-17-9)21-8-11-7-20-13(16-11)10-4-3-5-12(6-10)19-2/h3-7H,8H2,1-2H3,(H,15,17,18). The number of ether oxygens (including phenoxy) is 1. The van der Waals surface area contributed by atoms with E-state index in [9.17, 15) is 0 Å². The molecule has 7 heteroatoms. The molecule has 2 heterocycles. The number of nitrogens with zero attached hydrogens (tertiary/aromatic N) is 3. The Morgan fingerprint density at radius 1 is 1.33 bits per heavy atom. The summed E-state index contributed by atoms with van der Waals surface area (Å²) in [7, 11) is 1.67. The average Bonchev–Trinajstić information content (AvgIpc) is 3.14. The highest BCUT2D eigenvalue weighted by atomic mass is 32.2. The summed E-state index contributed by atoms with van der Waals surface area (Å²) < 4.78 is 5.24. The number of aromatic amines is 1. The molecular formula is C14H14N4OS2. The number of methoxy groups -OCH3 is 1. The number of aryl methyl sites for hydroxylation is 1. The van der Waals surface area contributed by atoms with Crippen molar-refractivity contribution in [3.8, 4) is 16.3 Å². The highest BCUT2D eigenvalue weighted by molar-refractivity contribution is 7.98. The summed E-state index contributed by atoms with van der Waals surface area (Å²) >= 11 is 3.21. The van der Waals surface area contributed by atoms with Crippen molar-refractivity contribution in [1.82, 2.24) is 20.2 Å². The molecule has 0 spiro atoms. The van der Waals surface area contributed by atoms with Crippen LogP contribution in [0.15, 0.2) is 34.8 Å². The van der Waals surface area contributed by atoms with E-state index < -0.39 is 0 Å². The van der Waals surface area contributed by atoms with Gasteiger partial charge in [-0.3, -0.25) is 5.10 Å². The van der Waals surface area contributed by atoms with Crippen molar-refractivity contribution < 1.29 is 4.74 Å². The van der Waals surface area contributed by atoms with Crippen molar-refractivity contribution in [1.29, 1.82) is 0 Å². The van der Waals surface area contributed by atoms with Crippen LogP contribution >= 0.6 is 23.1 Å². The Morgan fingerprint density at radius 2 is 2.24 bits per heavy atom. The molecule has 0 atom stereocenters. The zero-order valence-corrected chi connectivity index (χ0v) is 13.3. The highest BCUT2D eigenvalue weighted by Gasteiger charge is 2.08. The maximum absolute atomic E-state index is 5.24. The van der Waals surface area contributed by atoms with Crippen LogP contribution in [0, 0.1) is 6.92 Å². The van der Waals surface area contributed by atoms with Gasteiger partial charge < -0.3 is 4.74 Å². The molecule has 0 saturated heterocycles. The van der Waals surface area contributed by atoms with E-state index in [-0.39, 0.29) is 0 Å². The maximum atomic E-state index is 5.24. The molecule has 1 aromatic carbocycles. The molecule has 0 saturated carbocycles. The Balaban J connectivity index is 1.70. The summed E-state index contributed by atoms with van der Waals surface area (Å²) in [6.07, 6.45) is 0. The van der Waals surface area contributed by atoms with Crippen LogP contribution in [0.2, 0.25) is 0 Å². The lowest BCUT2D eigenvalue weighted by molar-refractivity contribution is 0.415. The summed E-state index contributed by atoms with van der Waals surface area (Å²) in [5.74, 6) is 2.43. The lowest BCUT2D eigenvalue weighted by Gasteiger charge is -2.01. The van der Waals surface area contributed by atoms with Crippen molar-refractivity contribution in [3.05, 3.63) is 41.2 Å². The van der Waals surface area contributed by atoms with Crippen molar-refractivity contribution in [3.63, 3.8) is 0 Å². The number of benzene rings is 1. The highest BCUT2D eigenvalue weighted by Crippen LogP contribution is 2.28. The molecule has 0 bridgehead atoms. The minimum Gasteiger partial charge on any atom is -0.497 e. The monoisotopic (exact) mass is 318 g/mol. The molecule has 0 radical (unpaired) electrons. The fourth-order valence-corrected chi connectivity index (χ4v) is 3.45. The topological polar surface area (TPSA) is 63.7 Å². The van der Waals surface area contributed by atoms with E-state index in [2.05, 4.69) is 25.5 Å². The van der Waals surface area contributed by atoms with Gasteiger partial charge in [0.05, 0.1) is 12.8 Å². The van der Waals surface area contributed by atoms with Gasteiger partial charge in [-0.2, -0.15) is 0 Å². The predicted molar refractivity (Wildman–Crippen MR) is 84.8 cm³/mol. The molecule has 3 rings (SSSR count). The molecule has 0 aliphatic carbocycles. The van der Waals surface area contributed by atoms with Crippen molar-refractivity contribution >= 4 is 23.1 Å². The van der Waals surface area contributed by atoms with Gasteiger partial charge in [-0.15, -0.1) is 16.4 Å². The van der Waals surface area contributed by atoms with Gasteiger partial charge in [0.2, 0.25) is 5.16 Å². The van der Waals surface area contributed by atoms with Crippen molar-refractivity contribution in [2.24, 2.45) is 0 Å². The lowest BCUT2D eigenvalue weighted by Crippen LogP contribution is -1.85. The van der Waals surface area contributed by atoms with Crippen LogP contribution in [-0.2, 0) is 5.75 Å². The van der Waals surface area contributed by atoms with E-state index in [1.54, 1.807) is 30.2 Å². The normalized spacial score (nSPS) is 10.8. The molecule has 0 amide bonds. The van der Waals surface area contributed by atoms with Crippen LogP contribution in [0.25, 0.3) is 10.6 Å². The van der Waals surface area contributed by atoms with Gasteiger partial charge in [-0.1, -0.05) is 23.9 Å². The zero-order valence-electron chi connectivity index (χ0n) is 11.7. The first-order valence-electron chi connectivity index (χ1n) is 6.35. The quantitative estimate of drug-likeness (QED) is 0.729. The number of H-pyrrole nitrogens is 1.